The number of nitrogens with one attached hydrogen (secondary N) is 1. The zero-order valence-electron chi connectivity index (χ0n) is 11.7. The SMILES string of the molecule is Cc1ccc(-c2nc(SCC(=O)c3sccc3Br)n[nH]2)cc1. The number of benzene rings is 1. The summed E-state index contributed by atoms with van der Waals surface area (Å²) in [4.78, 5) is 17.3. The lowest BCUT2D eigenvalue weighted by Crippen LogP contribution is -2.00. The predicted molar refractivity (Wildman–Crippen MR) is 93.6 cm³/mol. The minimum absolute atomic E-state index is 0.0774. The number of Topliss-reactive ketones (excluding diaryl/α,β-unsaturated/α-hetero) is 1. The minimum Gasteiger partial charge on any atom is -0.292 e. The largest absolute Gasteiger partial charge is 0.292 e. The molecule has 0 amide bonds. The molecule has 7 heteroatoms. The summed E-state index contributed by atoms with van der Waals surface area (Å²) < 4.78 is 0.846. The molecule has 1 aromatic carbocycles. The van der Waals surface area contributed by atoms with Gasteiger partial charge < -0.3 is 0 Å². The van der Waals surface area contributed by atoms with E-state index in [2.05, 4.69) is 31.1 Å². The molecule has 0 bridgehead atoms. The Balaban J connectivity index is 1.66. The smallest absolute Gasteiger partial charge is 0.209 e. The molecule has 0 saturated heterocycles. The van der Waals surface area contributed by atoms with Crippen LogP contribution in [0.15, 0.2) is 45.3 Å². The first-order valence-electron chi connectivity index (χ1n) is 6.52. The van der Waals surface area contributed by atoms with Gasteiger partial charge in [0, 0.05) is 10.0 Å². The molecule has 0 aliphatic carbocycles. The molecule has 0 radical (unpaired) electrons. The average molecular weight is 394 g/mol. The molecule has 0 atom stereocenters. The van der Waals surface area contributed by atoms with Crippen LogP contribution < -0.4 is 0 Å². The molecular formula is C15H12BrN3OS2. The fourth-order valence-corrected chi connectivity index (χ4v) is 4.13. The molecule has 2 aromatic heterocycles. The number of hydrogen-bond donors (Lipinski definition) is 1. The van der Waals surface area contributed by atoms with Crippen LogP contribution in [0, 0.1) is 6.92 Å². The number of ketones is 1. The lowest BCUT2D eigenvalue weighted by Gasteiger charge is -1.97. The van der Waals surface area contributed by atoms with Crippen molar-refractivity contribution in [2.45, 2.75) is 12.1 Å². The highest BCUT2D eigenvalue weighted by Gasteiger charge is 2.14. The van der Waals surface area contributed by atoms with Crippen molar-refractivity contribution in [2.24, 2.45) is 0 Å². The number of thioether (sulfide) groups is 1. The number of aryl methyl sites for hydroxylation is 1. The fraction of sp³-hybridized carbons (Fsp3) is 0.133. The first-order chi connectivity index (χ1) is 10.6. The molecule has 3 rings (SSSR count). The summed E-state index contributed by atoms with van der Waals surface area (Å²) in [5, 5.41) is 9.54. The van der Waals surface area contributed by atoms with E-state index in [0.717, 1.165) is 14.9 Å². The molecule has 2 heterocycles. The van der Waals surface area contributed by atoms with E-state index in [-0.39, 0.29) is 5.78 Å². The number of rotatable bonds is 5. The Labute approximate surface area is 144 Å². The van der Waals surface area contributed by atoms with Crippen molar-refractivity contribution in [3.63, 3.8) is 0 Å². The third kappa shape index (κ3) is 3.48. The van der Waals surface area contributed by atoms with Crippen LogP contribution in [0.25, 0.3) is 11.4 Å². The third-order valence-electron chi connectivity index (χ3n) is 2.99. The molecule has 4 nitrogen and oxygen atoms in total. The zero-order chi connectivity index (χ0) is 15.5. The molecule has 0 fully saturated rings. The minimum atomic E-state index is 0.0774. The summed E-state index contributed by atoms with van der Waals surface area (Å²) in [6.45, 7) is 2.04. The second-order valence-electron chi connectivity index (χ2n) is 4.64. The Bertz CT molecular complexity index is 795. The molecule has 0 saturated carbocycles. The second kappa shape index (κ2) is 6.76. The predicted octanol–water partition coefficient (Wildman–Crippen LogP) is 4.58. The van der Waals surface area contributed by atoms with Crippen molar-refractivity contribution in [3.8, 4) is 11.4 Å². The van der Waals surface area contributed by atoms with Gasteiger partial charge in [-0.25, -0.2) is 4.98 Å². The first kappa shape index (κ1) is 15.5. The topological polar surface area (TPSA) is 58.6 Å². The molecule has 3 aromatic rings. The molecular weight excluding hydrogens is 382 g/mol. The van der Waals surface area contributed by atoms with Crippen molar-refractivity contribution in [1.82, 2.24) is 15.2 Å². The van der Waals surface area contributed by atoms with Crippen LogP contribution >= 0.6 is 39.0 Å². The van der Waals surface area contributed by atoms with Crippen molar-refractivity contribution >= 4 is 44.8 Å². The summed E-state index contributed by atoms with van der Waals surface area (Å²) in [6, 6.07) is 9.94. The highest BCUT2D eigenvalue weighted by molar-refractivity contribution is 9.10. The van der Waals surface area contributed by atoms with E-state index >= 15 is 0 Å². The number of nitrogens with zero attached hydrogens (tertiary/aromatic N) is 2. The number of H-pyrrole nitrogens is 1. The van der Waals surface area contributed by atoms with E-state index < -0.39 is 0 Å². The van der Waals surface area contributed by atoms with Gasteiger partial charge in [-0.2, -0.15) is 0 Å². The number of hydrogen-bond acceptors (Lipinski definition) is 5. The fourth-order valence-electron chi connectivity index (χ4n) is 1.84. The summed E-state index contributed by atoms with van der Waals surface area (Å²) in [5.41, 5.74) is 2.18. The number of thiophene rings is 1. The number of halogens is 1. The van der Waals surface area contributed by atoms with Crippen molar-refractivity contribution in [1.29, 1.82) is 0 Å². The van der Waals surface area contributed by atoms with Crippen LogP contribution in [-0.2, 0) is 0 Å². The summed E-state index contributed by atoms with van der Waals surface area (Å²) in [7, 11) is 0. The lowest BCUT2D eigenvalue weighted by atomic mass is 10.1. The second-order valence-corrected chi connectivity index (χ2v) is 7.36. The van der Waals surface area contributed by atoms with E-state index in [1.165, 1.54) is 28.7 Å². The average Bonchev–Trinajstić information content (AvgIpc) is 3.14. The van der Waals surface area contributed by atoms with Crippen LogP contribution in [0.1, 0.15) is 15.2 Å². The Morgan fingerprint density at radius 3 is 2.77 bits per heavy atom. The van der Waals surface area contributed by atoms with Gasteiger partial charge in [0.05, 0.1) is 10.6 Å². The summed E-state index contributed by atoms with van der Waals surface area (Å²) in [5.74, 6) is 1.12. The molecule has 0 spiro atoms. The number of aromatic nitrogens is 3. The molecule has 1 N–H and O–H groups in total. The van der Waals surface area contributed by atoms with Gasteiger partial charge >= 0.3 is 0 Å². The maximum Gasteiger partial charge on any atom is 0.209 e. The van der Waals surface area contributed by atoms with Crippen LogP contribution in [-0.4, -0.2) is 26.7 Å². The van der Waals surface area contributed by atoms with Crippen LogP contribution in [0.4, 0.5) is 0 Å². The van der Waals surface area contributed by atoms with E-state index in [1.807, 2.05) is 42.6 Å². The molecule has 0 aliphatic rings. The van der Waals surface area contributed by atoms with Crippen molar-refractivity contribution in [3.05, 3.63) is 50.6 Å². The molecule has 112 valence electrons. The van der Waals surface area contributed by atoms with Gasteiger partial charge in [0.25, 0.3) is 0 Å². The Morgan fingerprint density at radius 1 is 1.32 bits per heavy atom. The monoisotopic (exact) mass is 393 g/mol. The van der Waals surface area contributed by atoms with Gasteiger partial charge in [-0.1, -0.05) is 41.6 Å². The van der Waals surface area contributed by atoms with Crippen LogP contribution in [0.2, 0.25) is 0 Å². The van der Waals surface area contributed by atoms with Gasteiger partial charge in [0.15, 0.2) is 11.6 Å². The van der Waals surface area contributed by atoms with Crippen LogP contribution in [0.3, 0.4) is 0 Å². The third-order valence-corrected chi connectivity index (χ3v) is 5.72. The molecule has 0 aliphatic heterocycles. The van der Waals surface area contributed by atoms with Gasteiger partial charge in [0.2, 0.25) is 5.16 Å². The Kier molecular flexibility index (Phi) is 4.75. The van der Waals surface area contributed by atoms with Crippen molar-refractivity contribution in [2.75, 3.05) is 5.75 Å². The highest BCUT2D eigenvalue weighted by Crippen LogP contribution is 2.26. The van der Waals surface area contributed by atoms with Crippen molar-refractivity contribution < 1.29 is 4.79 Å². The van der Waals surface area contributed by atoms with E-state index in [9.17, 15) is 4.79 Å². The van der Waals surface area contributed by atoms with Crippen LogP contribution in [0.5, 0.6) is 0 Å². The number of carbonyl (C=O) groups is 1. The van der Waals surface area contributed by atoms with Gasteiger partial charge in [-0.15, -0.1) is 16.4 Å². The number of carbonyl (C=O) groups excluding carboxylic acids is 1. The standard InChI is InChI=1S/C15H12BrN3OS2/c1-9-2-4-10(5-3-9)14-17-15(19-18-14)22-8-12(20)13-11(16)6-7-21-13/h2-7H,8H2,1H3,(H,17,18,19). The molecule has 22 heavy (non-hydrogen) atoms. The van der Waals surface area contributed by atoms with E-state index in [1.54, 1.807) is 0 Å². The maximum absolute atomic E-state index is 12.1. The first-order valence-corrected chi connectivity index (χ1v) is 9.18. The maximum atomic E-state index is 12.1. The van der Waals surface area contributed by atoms with E-state index in [4.69, 9.17) is 0 Å². The quantitative estimate of drug-likeness (QED) is 0.508. The summed E-state index contributed by atoms with van der Waals surface area (Å²) >= 11 is 6.15. The normalized spacial score (nSPS) is 10.8. The molecule has 0 unspecified atom stereocenters. The Hall–Kier alpha value is -1.44. The number of aromatic amines is 1. The Morgan fingerprint density at radius 2 is 2.09 bits per heavy atom. The van der Waals surface area contributed by atoms with Gasteiger partial charge in [0.1, 0.15) is 0 Å². The zero-order valence-corrected chi connectivity index (χ0v) is 14.9. The van der Waals surface area contributed by atoms with Gasteiger partial charge in [-0.05, 0) is 34.3 Å². The highest BCUT2D eigenvalue weighted by atomic mass is 79.9. The summed E-state index contributed by atoms with van der Waals surface area (Å²) in [6.07, 6.45) is 0. The lowest BCUT2D eigenvalue weighted by molar-refractivity contribution is 0.102. The van der Waals surface area contributed by atoms with Gasteiger partial charge in [-0.3, -0.25) is 9.89 Å². The van der Waals surface area contributed by atoms with E-state index in [0.29, 0.717) is 16.7 Å².